The average molecular weight is 427 g/mol. The highest BCUT2D eigenvalue weighted by atomic mass is 16.4. The van der Waals surface area contributed by atoms with Crippen LogP contribution in [0.5, 0.6) is 0 Å². The van der Waals surface area contributed by atoms with Crippen molar-refractivity contribution in [2.45, 2.75) is 106 Å². The van der Waals surface area contributed by atoms with Gasteiger partial charge in [-0.15, -0.1) is 5.73 Å². The highest BCUT2D eigenvalue weighted by molar-refractivity contribution is 5.69. The molecule has 0 saturated carbocycles. The molecule has 0 aromatic rings. The number of carbonyl (C=O) groups is 1. The average Bonchev–Trinajstić information content (AvgIpc) is 2.71. The van der Waals surface area contributed by atoms with Crippen molar-refractivity contribution in [1.82, 2.24) is 0 Å². The van der Waals surface area contributed by atoms with Crippen LogP contribution in [0.25, 0.3) is 0 Å². The summed E-state index contributed by atoms with van der Waals surface area (Å²) in [6.45, 7) is 15.4. The molecule has 0 amide bonds. The zero-order valence-electron chi connectivity index (χ0n) is 21.2. The van der Waals surface area contributed by atoms with Crippen molar-refractivity contribution < 1.29 is 9.90 Å². The molecule has 0 aromatic carbocycles. The van der Waals surface area contributed by atoms with Gasteiger partial charge in [-0.3, -0.25) is 4.79 Å². The van der Waals surface area contributed by atoms with Crippen molar-refractivity contribution in [2.75, 3.05) is 0 Å². The Hall–Kier alpha value is -1.79. The zero-order chi connectivity index (χ0) is 23.4. The normalized spacial score (nSPS) is 19.5. The van der Waals surface area contributed by atoms with E-state index in [2.05, 4.69) is 65.5 Å². The van der Waals surface area contributed by atoms with E-state index in [1.54, 1.807) is 6.92 Å². The van der Waals surface area contributed by atoms with Crippen LogP contribution in [0.4, 0.5) is 0 Å². The summed E-state index contributed by atoms with van der Waals surface area (Å²) in [4.78, 5) is 10.9. The van der Waals surface area contributed by atoms with Crippen LogP contribution in [0.1, 0.15) is 106 Å². The molecular formula is C29H46O2. The molecule has 174 valence electrons. The summed E-state index contributed by atoms with van der Waals surface area (Å²) in [5, 5.41) is 8.94. The molecule has 0 aromatic heterocycles. The molecule has 1 rings (SSSR count). The molecule has 3 unspecified atom stereocenters. The quantitative estimate of drug-likeness (QED) is 0.222. The van der Waals surface area contributed by atoms with E-state index >= 15 is 0 Å². The molecule has 0 fully saturated rings. The minimum Gasteiger partial charge on any atom is -0.481 e. The van der Waals surface area contributed by atoms with Crippen molar-refractivity contribution in [1.29, 1.82) is 0 Å². The molecule has 0 saturated heterocycles. The second kappa shape index (κ2) is 14.3. The van der Waals surface area contributed by atoms with Crippen molar-refractivity contribution in [2.24, 2.45) is 17.8 Å². The lowest BCUT2D eigenvalue weighted by molar-refractivity contribution is -0.141. The molecule has 1 aliphatic rings. The first-order valence-electron chi connectivity index (χ1n) is 12.3. The largest absolute Gasteiger partial charge is 0.481 e. The van der Waals surface area contributed by atoms with Gasteiger partial charge in [-0.25, -0.2) is 0 Å². The lowest BCUT2D eigenvalue weighted by atomic mass is 9.84. The van der Waals surface area contributed by atoms with E-state index in [1.807, 2.05) is 0 Å². The van der Waals surface area contributed by atoms with Gasteiger partial charge in [0.1, 0.15) is 0 Å². The van der Waals surface area contributed by atoms with E-state index in [1.165, 1.54) is 60.0 Å². The fraction of sp³-hybridized carbons (Fsp3) is 0.655. The maximum absolute atomic E-state index is 10.9. The van der Waals surface area contributed by atoms with Crippen LogP contribution in [0.15, 0.2) is 51.8 Å². The second-order valence-corrected chi connectivity index (χ2v) is 9.89. The molecule has 3 atom stereocenters. The van der Waals surface area contributed by atoms with E-state index < -0.39 is 5.97 Å². The number of carboxylic acids is 1. The predicted molar refractivity (Wildman–Crippen MR) is 134 cm³/mol. The number of hydrogen-bond donors (Lipinski definition) is 1. The summed E-state index contributed by atoms with van der Waals surface area (Å²) >= 11 is 0. The molecule has 0 spiro atoms. The van der Waals surface area contributed by atoms with Crippen LogP contribution in [0, 0.1) is 17.8 Å². The summed E-state index contributed by atoms with van der Waals surface area (Å²) in [6, 6.07) is 0. The topological polar surface area (TPSA) is 37.3 Å². The number of hydrogen-bond acceptors (Lipinski definition) is 1. The fourth-order valence-electron chi connectivity index (χ4n) is 4.06. The van der Waals surface area contributed by atoms with Gasteiger partial charge in [0, 0.05) is 5.92 Å². The Balaban J connectivity index is 2.23. The van der Waals surface area contributed by atoms with Crippen LogP contribution in [0.3, 0.4) is 0 Å². The third-order valence-electron chi connectivity index (χ3n) is 6.99. The van der Waals surface area contributed by atoms with Crippen LogP contribution in [-0.4, -0.2) is 11.1 Å². The summed E-state index contributed by atoms with van der Waals surface area (Å²) < 4.78 is 0. The van der Waals surface area contributed by atoms with Gasteiger partial charge in [0.25, 0.3) is 0 Å². The maximum Gasteiger partial charge on any atom is 0.306 e. The molecule has 0 heterocycles. The Kier molecular flexibility index (Phi) is 12.6. The molecule has 0 bridgehead atoms. The smallest absolute Gasteiger partial charge is 0.306 e. The molecule has 1 N–H and O–H groups in total. The molecular weight excluding hydrogens is 380 g/mol. The van der Waals surface area contributed by atoms with Gasteiger partial charge in [-0.1, -0.05) is 56.1 Å². The zero-order valence-corrected chi connectivity index (χ0v) is 21.2. The van der Waals surface area contributed by atoms with Gasteiger partial charge >= 0.3 is 5.97 Å². The number of carboxylic acid groups (broad SMARTS) is 1. The van der Waals surface area contributed by atoms with E-state index in [0.29, 0.717) is 5.92 Å². The Labute approximate surface area is 191 Å². The van der Waals surface area contributed by atoms with Crippen LogP contribution in [-0.2, 0) is 4.79 Å². The van der Waals surface area contributed by atoms with E-state index in [9.17, 15) is 4.79 Å². The molecule has 2 nitrogen and oxygen atoms in total. The van der Waals surface area contributed by atoms with Gasteiger partial charge in [-0.05, 0) is 102 Å². The first-order chi connectivity index (χ1) is 14.6. The SMILES string of the molecule is CC1=C(C)C(C)C(CCC(C)CCC/C(C)=C/CC/C(C)=C/CCC(C)C(=O)O)=C=C1. The third kappa shape index (κ3) is 10.9. The lowest BCUT2D eigenvalue weighted by Crippen LogP contribution is -2.08. The summed E-state index contributed by atoms with van der Waals surface area (Å²) in [7, 11) is 0. The summed E-state index contributed by atoms with van der Waals surface area (Å²) in [6.07, 6.45) is 16.7. The highest BCUT2D eigenvalue weighted by Gasteiger charge is 2.16. The maximum atomic E-state index is 10.9. The number of aliphatic carboxylic acids is 1. The summed E-state index contributed by atoms with van der Waals surface area (Å²) in [5.74, 6) is 0.372. The summed E-state index contributed by atoms with van der Waals surface area (Å²) in [5.41, 5.74) is 10.8. The van der Waals surface area contributed by atoms with Crippen molar-refractivity contribution in [3.63, 3.8) is 0 Å². The lowest BCUT2D eigenvalue weighted by Gasteiger charge is -2.21. The van der Waals surface area contributed by atoms with Crippen LogP contribution < -0.4 is 0 Å². The first-order valence-corrected chi connectivity index (χ1v) is 12.3. The molecule has 0 radical (unpaired) electrons. The minimum atomic E-state index is -0.696. The molecule has 1 aliphatic carbocycles. The van der Waals surface area contributed by atoms with Crippen LogP contribution >= 0.6 is 0 Å². The third-order valence-corrected chi connectivity index (χ3v) is 6.99. The van der Waals surface area contributed by atoms with E-state index in [-0.39, 0.29) is 5.92 Å². The fourth-order valence-corrected chi connectivity index (χ4v) is 4.06. The standard InChI is InChI=1S/C29H46O2/c1-21(11-8-12-22(2)15-10-16-25(5)29(30)31)13-9-14-23(3)17-19-28-20-18-24(4)26(6)27(28)7/h11,15,18,23,25,27H,8-10,12-14,16-17,19H2,1-7H3,(H,30,31)/b21-11+,22-15+. The molecule has 2 heteroatoms. The Morgan fingerprint density at radius 3 is 2.39 bits per heavy atom. The Morgan fingerprint density at radius 1 is 1.06 bits per heavy atom. The van der Waals surface area contributed by atoms with Crippen molar-refractivity contribution in [3.05, 3.63) is 51.8 Å². The Bertz CT molecular complexity index is 741. The van der Waals surface area contributed by atoms with Gasteiger partial charge in [0.15, 0.2) is 0 Å². The molecule has 0 aliphatic heterocycles. The van der Waals surface area contributed by atoms with Crippen molar-refractivity contribution in [3.8, 4) is 0 Å². The highest BCUT2D eigenvalue weighted by Crippen LogP contribution is 2.30. The van der Waals surface area contributed by atoms with Gasteiger partial charge in [-0.2, -0.15) is 0 Å². The van der Waals surface area contributed by atoms with Crippen LogP contribution in [0.2, 0.25) is 0 Å². The van der Waals surface area contributed by atoms with Gasteiger partial charge in [0.2, 0.25) is 0 Å². The Morgan fingerprint density at radius 2 is 1.71 bits per heavy atom. The first kappa shape index (κ1) is 27.2. The van der Waals surface area contributed by atoms with Gasteiger partial charge in [0.05, 0.1) is 5.92 Å². The number of allylic oxidation sites excluding steroid dienone is 7. The minimum absolute atomic E-state index is 0.252. The monoisotopic (exact) mass is 426 g/mol. The predicted octanol–water partition coefficient (Wildman–Crippen LogP) is 8.81. The second-order valence-electron chi connectivity index (χ2n) is 9.89. The van der Waals surface area contributed by atoms with Crippen molar-refractivity contribution >= 4 is 5.97 Å². The van der Waals surface area contributed by atoms with E-state index in [0.717, 1.165) is 31.6 Å². The number of rotatable bonds is 14. The van der Waals surface area contributed by atoms with E-state index in [4.69, 9.17) is 5.11 Å². The molecule has 31 heavy (non-hydrogen) atoms. The van der Waals surface area contributed by atoms with Gasteiger partial charge < -0.3 is 5.11 Å².